The maximum absolute atomic E-state index is 12.7. The van der Waals surface area contributed by atoms with Crippen LogP contribution in [0.3, 0.4) is 0 Å². The van der Waals surface area contributed by atoms with Crippen molar-refractivity contribution in [1.29, 1.82) is 0 Å². The van der Waals surface area contributed by atoms with Gasteiger partial charge in [0.1, 0.15) is 0 Å². The number of aromatic nitrogens is 1. The molecule has 0 saturated carbocycles. The Morgan fingerprint density at radius 2 is 1.95 bits per heavy atom. The van der Waals surface area contributed by atoms with E-state index in [9.17, 15) is 9.18 Å². The number of hydrogen-bond acceptors (Lipinski definition) is 3. The summed E-state index contributed by atoms with van der Waals surface area (Å²) in [4.78, 5) is 15.3. The standard InChI is InChI=1S/C16H17FN2O/c1-2-3-15(20)13-5-7-14(8-6-13)18-10-12-4-9-16(17)19-11-12/h4-9,11,18H,2-3,10H2,1H3. The van der Waals surface area contributed by atoms with Gasteiger partial charge in [-0.1, -0.05) is 13.0 Å². The lowest BCUT2D eigenvalue weighted by Gasteiger charge is -2.07. The number of nitrogens with one attached hydrogen (secondary N) is 1. The predicted molar refractivity (Wildman–Crippen MR) is 77.2 cm³/mol. The van der Waals surface area contributed by atoms with Gasteiger partial charge in [0.2, 0.25) is 5.95 Å². The van der Waals surface area contributed by atoms with E-state index in [1.807, 2.05) is 31.2 Å². The molecule has 104 valence electrons. The van der Waals surface area contributed by atoms with Crippen molar-refractivity contribution in [3.05, 3.63) is 59.7 Å². The summed E-state index contributed by atoms with van der Waals surface area (Å²) in [5.74, 6) is -0.311. The Balaban J connectivity index is 1.93. The second kappa shape index (κ2) is 6.80. The summed E-state index contributed by atoms with van der Waals surface area (Å²) in [7, 11) is 0. The number of carbonyl (C=O) groups is 1. The van der Waals surface area contributed by atoms with E-state index < -0.39 is 5.95 Å². The Hall–Kier alpha value is -2.23. The topological polar surface area (TPSA) is 42.0 Å². The van der Waals surface area contributed by atoms with E-state index in [4.69, 9.17) is 0 Å². The van der Waals surface area contributed by atoms with Crippen molar-refractivity contribution < 1.29 is 9.18 Å². The lowest BCUT2D eigenvalue weighted by atomic mass is 10.1. The molecular formula is C16H17FN2O. The Morgan fingerprint density at radius 3 is 2.55 bits per heavy atom. The lowest BCUT2D eigenvalue weighted by Crippen LogP contribution is -2.02. The van der Waals surface area contributed by atoms with Crippen molar-refractivity contribution in [3.8, 4) is 0 Å². The van der Waals surface area contributed by atoms with Crippen LogP contribution in [0.1, 0.15) is 35.7 Å². The SMILES string of the molecule is CCCC(=O)c1ccc(NCc2ccc(F)nc2)cc1. The minimum absolute atomic E-state index is 0.168. The van der Waals surface area contributed by atoms with Gasteiger partial charge in [0.05, 0.1) is 0 Å². The molecular weight excluding hydrogens is 255 g/mol. The van der Waals surface area contributed by atoms with Gasteiger partial charge in [-0.05, 0) is 42.3 Å². The molecule has 2 rings (SSSR count). The van der Waals surface area contributed by atoms with E-state index in [0.717, 1.165) is 23.2 Å². The Morgan fingerprint density at radius 1 is 1.20 bits per heavy atom. The van der Waals surface area contributed by atoms with Crippen molar-refractivity contribution in [2.75, 3.05) is 5.32 Å². The quantitative estimate of drug-likeness (QED) is 0.642. The molecule has 0 bridgehead atoms. The maximum Gasteiger partial charge on any atom is 0.212 e. The molecule has 0 aliphatic carbocycles. The van der Waals surface area contributed by atoms with Crippen LogP contribution >= 0.6 is 0 Å². The van der Waals surface area contributed by atoms with Crippen LogP contribution in [0.4, 0.5) is 10.1 Å². The van der Waals surface area contributed by atoms with Crippen LogP contribution in [-0.4, -0.2) is 10.8 Å². The number of rotatable bonds is 6. The van der Waals surface area contributed by atoms with Crippen LogP contribution in [0.2, 0.25) is 0 Å². The predicted octanol–water partition coefficient (Wildman–Crippen LogP) is 3.82. The van der Waals surface area contributed by atoms with Gasteiger partial charge in [-0.2, -0.15) is 4.39 Å². The van der Waals surface area contributed by atoms with E-state index in [0.29, 0.717) is 13.0 Å². The highest BCUT2D eigenvalue weighted by Gasteiger charge is 2.04. The fourth-order valence-corrected chi connectivity index (χ4v) is 1.86. The Labute approximate surface area is 117 Å². The third kappa shape index (κ3) is 3.88. The first-order valence-electron chi connectivity index (χ1n) is 6.66. The molecule has 0 aliphatic rings. The van der Waals surface area contributed by atoms with Gasteiger partial charge in [-0.3, -0.25) is 4.79 Å². The zero-order valence-electron chi connectivity index (χ0n) is 11.4. The summed E-state index contributed by atoms with van der Waals surface area (Å²) >= 11 is 0. The maximum atomic E-state index is 12.7. The van der Waals surface area contributed by atoms with Crippen molar-refractivity contribution in [2.24, 2.45) is 0 Å². The van der Waals surface area contributed by atoms with Gasteiger partial charge in [0.15, 0.2) is 5.78 Å². The number of pyridine rings is 1. The minimum atomic E-state index is -0.479. The van der Waals surface area contributed by atoms with E-state index in [1.54, 1.807) is 6.07 Å². The number of hydrogen-bond donors (Lipinski definition) is 1. The number of Topliss-reactive ketones (excluding diaryl/α,β-unsaturated/α-hetero) is 1. The van der Waals surface area contributed by atoms with E-state index >= 15 is 0 Å². The monoisotopic (exact) mass is 272 g/mol. The average Bonchev–Trinajstić information content (AvgIpc) is 2.47. The third-order valence-electron chi connectivity index (χ3n) is 2.97. The fourth-order valence-electron chi connectivity index (χ4n) is 1.86. The van der Waals surface area contributed by atoms with Crippen LogP contribution in [0, 0.1) is 5.95 Å². The molecule has 0 fully saturated rings. The largest absolute Gasteiger partial charge is 0.381 e. The molecule has 4 heteroatoms. The van der Waals surface area contributed by atoms with Gasteiger partial charge in [-0.15, -0.1) is 0 Å². The number of halogens is 1. The van der Waals surface area contributed by atoms with Crippen molar-refractivity contribution in [3.63, 3.8) is 0 Å². The molecule has 1 N–H and O–H groups in total. The second-order valence-corrected chi connectivity index (χ2v) is 4.59. The molecule has 0 atom stereocenters. The zero-order valence-corrected chi connectivity index (χ0v) is 11.4. The van der Waals surface area contributed by atoms with Gasteiger partial charge < -0.3 is 5.32 Å². The average molecular weight is 272 g/mol. The summed E-state index contributed by atoms with van der Waals surface area (Å²) in [5, 5.41) is 3.20. The van der Waals surface area contributed by atoms with Gasteiger partial charge in [0, 0.05) is 30.4 Å². The Kier molecular flexibility index (Phi) is 4.82. The van der Waals surface area contributed by atoms with Gasteiger partial charge in [0.25, 0.3) is 0 Å². The number of benzene rings is 1. The number of carbonyl (C=O) groups excluding carboxylic acids is 1. The zero-order chi connectivity index (χ0) is 14.4. The number of anilines is 1. The summed E-state index contributed by atoms with van der Waals surface area (Å²) < 4.78 is 12.7. The molecule has 0 amide bonds. The van der Waals surface area contributed by atoms with Crippen LogP contribution in [0.5, 0.6) is 0 Å². The van der Waals surface area contributed by atoms with Crippen LogP contribution < -0.4 is 5.32 Å². The molecule has 0 spiro atoms. The number of nitrogens with zero attached hydrogens (tertiary/aromatic N) is 1. The summed E-state index contributed by atoms with van der Waals surface area (Å²) in [6, 6.07) is 10.4. The fraction of sp³-hybridized carbons (Fsp3) is 0.250. The van der Waals surface area contributed by atoms with Crippen LogP contribution in [-0.2, 0) is 6.54 Å². The first kappa shape index (κ1) is 14.2. The highest BCUT2D eigenvalue weighted by molar-refractivity contribution is 5.96. The molecule has 0 saturated heterocycles. The van der Waals surface area contributed by atoms with E-state index in [2.05, 4.69) is 10.3 Å². The molecule has 1 aromatic heterocycles. The van der Waals surface area contributed by atoms with Crippen LogP contribution in [0.25, 0.3) is 0 Å². The molecule has 20 heavy (non-hydrogen) atoms. The number of ketones is 1. The molecule has 2 aromatic rings. The molecule has 0 radical (unpaired) electrons. The Bertz CT molecular complexity index is 564. The van der Waals surface area contributed by atoms with Crippen molar-refractivity contribution in [1.82, 2.24) is 4.98 Å². The third-order valence-corrected chi connectivity index (χ3v) is 2.97. The van der Waals surface area contributed by atoms with Crippen molar-refractivity contribution in [2.45, 2.75) is 26.3 Å². The van der Waals surface area contributed by atoms with E-state index in [1.165, 1.54) is 12.3 Å². The van der Waals surface area contributed by atoms with Crippen LogP contribution in [0.15, 0.2) is 42.6 Å². The molecule has 3 nitrogen and oxygen atoms in total. The molecule has 1 heterocycles. The molecule has 0 aliphatic heterocycles. The summed E-state index contributed by atoms with van der Waals surface area (Å²) in [6.45, 7) is 2.56. The lowest BCUT2D eigenvalue weighted by molar-refractivity contribution is 0.0982. The smallest absolute Gasteiger partial charge is 0.212 e. The summed E-state index contributed by atoms with van der Waals surface area (Å²) in [6.07, 6.45) is 2.94. The first-order valence-corrected chi connectivity index (χ1v) is 6.66. The van der Waals surface area contributed by atoms with Gasteiger partial charge in [-0.25, -0.2) is 4.98 Å². The van der Waals surface area contributed by atoms with E-state index in [-0.39, 0.29) is 5.78 Å². The molecule has 0 unspecified atom stereocenters. The summed E-state index contributed by atoms with van der Waals surface area (Å²) in [5.41, 5.74) is 2.56. The normalized spacial score (nSPS) is 10.3. The highest BCUT2D eigenvalue weighted by atomic mass is 19.1. The highest BCUT2D eigenvalue weighted by Crippen LogP contribution is 2.13. The molecule has 1 aromatic carbocycles. The second-order valence-electron chi connectivity index (χ2n) is 4.59. The minimum Gasteiger partial charge on any atom is -0.381 e. The van der Waals surface area contributed by atoms with Crippen molar-refractivity contribution >= 4 is 11.5 Å². The first-order chi connectivity index (χ1) is 9.69. The van der Waals surface area contributed by atoms with Gasteiger partial charge >= 0.3 is 0 Å².